The topological polar surface area (TPSA) is 82.3 Å². The molecule has 8 heteroatoms. The number of anilines is 1. The number of carbonyl (C=O) groups excluding carboxylic acids is 2. The van der Waals surface area contributed by atoms with E-state index < -0.39 is 11.7 Å². The number of hydrogen-bond acceptors (Lipinski definition) is 3. The van der Waals surface area contributed by atoms with Gasteiger partial charge in [-0.05, 0) is 29.9 Å². The highest BCUT2D eigenvalue weighted by molar-refractivity contribution is 7.80. The Balaban J connectivity index is 1.67. The van der Waals surface area contributed by atoms with Gasteiger partial charge in [-0.2, -0.15) is 0 Å². The van der Waals surface area contributed by atoms with Crippen LogP contribution in [0, 0.1) is 5.82 Å². The van der Waals surface area contributed by atoms with Gasteiger partial charge in [0.1, 0.15) is 5.82 Å². The molecule has 0 aromatic heterocycles. The van der Waals surface area contributed by atoms with Gasteiger partial charge in [-0.15, -0.1) is 0 Å². The van der Waals surface area contributed by atoms with Crippen LogP contribution in [0.1, 0.15) is 5.56 Å². The number of nitrogens with one attached hydrogen (secondary N) is 4. The predicted octanol–water partition coefficient (Wildman–Crippen LogP) is 1.50. The maximum absolute atomic E-state index is 13.5. The largest absolute Gasteiger partial charge is 0.347 e. The molecule has 2 aromatic carbocycles. The van der Waals surface area contributed by atoms with Crippen molar-refractivity contribution in [2.24, 2.45) is 0 Å². The van der Waals surface area contributed by atoms with Gasteiger partial charge in [0.2, 0.25) is 5.91 Å². The molecule has 0 unspecified atom stereocenters. The fraction of sp³-hybridized carbons (Fsp3) is 0.118. The minimum Gasteiger partial charge on any atom is -0.347 e. The monoisotopic (exact) mass is 360 g/mol. The maximum Gasteiger partial charge on any atom is 0.257 e. The van der Waals surface area contributed by atoms with Gasteiger partial charge in [-0.1, -0.05) is 42.5 Å². The summed E-state index contributed by atoms with van der Waals surface area (Å²) in [4.78, 5) is 23.4. The van der Waals surface area contributed by atoms with Crippen LogP contribution in [-0.2, 0) is 16.0 Å². The van der Waals surface area contributed by atoms with Gasteiger partial charge in [0.25, 0.3) is 5.91 Å². The number of para-hydroxylation sites is 1. The molecular weight excluding hydrogens is 343 g/mol. The van der Waals surface area contributed by atoms with Crippen molar-refractivity contribution in [2.75, 3.05) is 11.9 Å². The average molecular weight is 360 g/mol. The van der Waals surface area contributed by atoms with Crippen LogP contribution < -0.4 is 21.5 Å². The Morgan fingerprint density at radius 3 is 2.32 bits per heavy atom. The summed E-state index contributed by atoms with van der Waals surface area (Å²) < 4.78 is 13.5. The summed E-state index contributed by atoms with van der Waals surface area (Å²) in [6.45, 7) is -0.207. The van der Waals surface area contributed by atoms with E-state index in [9.17, 15) is 14.0 Å². The van der Waals surface area contributed by atoms with Gasteiger partial charge in [0, 0.05) is 0 Å². The Hall–Kier alpha value is -3.00. The number of hydrogen-bond donors (Lipinski definition) is 4. The van der Waals surface area contributed by atoms with E-state index >= 15 is 0 Å². The van der Waals surface area contributed by atoms with E-state index in [4.69, 9.17) is 12.2 Å². The zero-order valence-electron chi connectivity index (χ0n) is 13.2. The number of benzene rings is 2. The van der Waals surface area contributed by atoms with Crippen molar-refractivity contribution in [3.63, 3.8) is 0 Å². The summed E-state index contributed by atoms with van der Waals surface area (Å²) in [5, 5.41) is 5.13. The van der Waals surface area contributed by atoms with E-state index in [0.29, 0.717) is 0 Å². The normalized spacial score (nSPS) is 9.80. The third-order valence-electron chi connectivity index (χ3n) is 3.09. The number of thiocarbonyl (C=S) groups is 1. The van der Waals surface area contributed by atoms with E-state index in [2.05, 4.69) is 21.5 Å². The summed E-state index contributed by atoms with van der Waals surface area (Å²) in [5.74, 6) is -1.22. The molecule has 0 aliphatic carbocycles. The Kier molecular flexibility index (Phi) is 6.85. The summed E-state index contributed by atoms with van der Waals surface area (Å²) >= 11 is 4.95. The van der Waals surface area contributed by atoms with Crippen molar-refractivity contribution in [1.29, 1.82) is 0 Å². The standard InChI is InChI=1S/C17H17FN4O2S/c18-13-8-4-5-9-14(13)20-17(25)22-21-16(24)11-19-15(23)10-12-6-2-1-3-7-12/h1-9H,10-11H2,(H,19,23)(H,21,24)(H2,20,22,25). The Labute approximate surface area is 149 Å². The van der Waals surface area contributed by atoms with Crippen LogP contribution in [0.2, 0.25) is 0 Å². The SMILES string of the molecule is O=C(Cc1ccccc1)NCC(=O)NNC(=S)Nc1ccccc1F. The van der Waals surface area contributed by atoms with E-state index in [1.807, 2.05) is 30.3 Å². The maximum atomic E-state index is 13.5. The van der Waals surface area contributed by atoms with E-state index in [1.165, 1.54) is 12.1 Å². The Morgan fingerprint density at radius 2 is 1.60 bits per heavy atom. The number of hydrazine groups is 1. The zero-order chi connectivity index (χ0) is 18.1. The molecule has 0 spiro atoms. The van der Waals surface area contributed by atoms with Crippen molar-refractivity contribution in [3.05, 3.63) is 66.0 Å². The lowest BCUT2D eigenvalue weighted by Gasteiger charge is -2.12. The molecule has 0 radical (unpaired) electrons. The van der Waals surface area contributed by atoms with Crippen molar-refractivity contribution < 1.29 is 14.0 Å². The van der Waals surface area contributed by atoms with Crippen LogP contribution >= 0.6 is 12.2 Å². The van der Waals surface area contributed by atoms with E-state index in [0.717, 1.165) is 5.56 Å². The van der Waals surface area contributed by atoms with E-state index in [-0.39, 0.29) is 29.7 Å². The smallest absolute Gasteiger partial charge is 0.257 e. The number of amides is 2. The highest BCUT2D eigenvalue weighted by Gasteiger charge is 2.07. The molecule has 130 valence electrons. The first-order valence-corrected chi connectivity index (χ1v) is 7.86. The summed E-state index contributed by atoms with van der Waals surface area (Å²) in [6, 6.07) is 15.2. The van der Waals surface area contributed by atoms with Gasteiger partial charge >= 0.3 is 0 Å². The molecule has 0 heterocycles. The van der Waals surface area contributed by atoms with Crippen molar-refractivity contribution >= 4 is 34.8 Å². The molecule has 6 nitrogen and oxygen atoms in total. The minimum atomic E-state index is -0.487. The quantitative estimate of drug-likeness (QED) is 0.480. The lowest BCUT2D eigenvalue weighted by atomic mass is 10.1. The minimum absolute atomic E-state index is 0.0223. The average Bonchev–Trinajstić information content (AvgIpc) is 2.61. The highest BCUT2D eigenvalue weighted by atomic mass is 32.1. The molecule has 0 bridgehead atoms. The van der Waals surface area contributed by atoms with E-state index in [1.54, 1.807) is 12.1 Å². The fourth-order valence-corrected chi connectivity index (χ4v) is 2.07. The van der Waals surface area contributed by atoms with Crippen LogP contribution in [0.5, 0.6) is 0 Å². The molecular formula is C17H17FN4O2S. The van der Waals surface area contributed by atoms with Crippen LogP contribution in [0.3, 0.4) is 0 Å². The molecule has 0 saturated heterocycles. The lowest BCUT2D eigenvalue weighted by Crippen LogP contribution is -2.47. The number of carbonyl (C=O) groups is 2. The van der Waals surface area contributed by atoms with Gasteiger partial charge in [-0.3, -0.25) is 20.4 Å². The molecule has 0 saturated carbocycles. The summed E-state index contributed by atoms with van der Waals surface area (Å²) in [6.07, 6.45) is 0.189. The molecule has 25 heavy (non-hydrogen) atoms. The predicted molar refractivity (Wildman–Crippen MR) is 97.1 cm³/mol. The van der Waals surface area contributed by atoms with Gasteiger partial charge in [0.15, 0.2) is 5.11 Å². The molecule has 0 aliphatic rings. The third kappa shape index (κ3) is 6.56. The van der Waals surface area contributed by atoms with Crippen LogP contribution in [0.4, 0.5) is 10.1 Å². The molecule has 2 aromatic rings. The highest BCUT2D eigenvalue weighted by Crippen LogP contribution is 2.11. The summed E-state index contributed by atoms with van der Waals surface area (Å²) in [7, 11) is 0. The third-order valence-corrected chi connectivity index (χ3v) is 3.30. The Bertz CT molecular complexity index is 755. The van der Waals surface area contributed by atoms with Gasteiger partial charge in [0.05, 0.1) is 18.7 Å². The van der Waals surface area contributed by atoms with Gasteiger partial charge < -0.3 is 10.6 Å². The van der Waals surface area contributed by atoms with Crippen LogP contribution in [0.15, 0.2) is 54.6 Å². The van der Waals surface area contributed by atoms with Crippen molar-refractivity contribution in [1.82, 2.24) is 16.2 Å². The number of rotatable bonds is 5. The second kappa shape index (κ2) is 9.33. The summed E-state index contributed by atoms with van der Waals surface area (Å²) in [5.41, 5.74) is 5.79. The van der Waals surface area contributed by atoms with Crippen molar-refractivity contribution in [2.45, 2.75) is 6.42 Å². The van der Waals surface area contributed by atoms with Gasteiger partial charge in [-0.25, -0.2) is 4.39 Å². The van der Waals surface area contributed by atoms with Crippen molar-refractivity contribution in [3.8, 4) is 0 Å². The first kappa shape index (κ1) is 18.3. The lowest BCUT2D eigenvalue weighted by molar-refractivity contribution is -0.126. The second-order valence-electron chi connectivity index (χ2n) is 5.05. The number of halogens is 1. The second-order valence-corrected chi connectivity index (χ2v) is 5.45. The molecule has 0 atom stereocenters. The van der Waals surface area contributed by atoms with Crippen LogP contribution in [-0.4, -0.2) is 23.5 Å². The first-order valence-electron chi connectivity index (χ1n) is 7.45. The zero-order valence-corrected chi connectivity index (χ0v) is 14.0. The molecule has 0 fully saturated rings. The fourth-order valence-electron chi connectivity index (χ4n) is 1.91. The molecule has 0 aliphatic heterocycles. The first-order chi connectivity index (χ1) is 12.0. The molecule has 2 amide bonds. The molecule has 4 N–H and O–H groups in total. The Morgan fingerprint density at radius 1 is 0.920 bits per heavy atom. The molecule has 2 rings (SSSR count). The van der Waals surface area contributed by atoms with Crippen LogP contribution in [0.25, 0.3) is 0 Å².